The molecule has 1 aromatic heterocycles. The van der Waals surface area contributed by atoms with Crippen molar-refractivity contribution >= 4 is 16.7 Å². The number of hydrogen-bond donors (Lipinski definition) is 2. The largest absolute Gasteiger partial charge is 0.316 e. The van der Waals surface area contributed by atoms with Crippen LogP contribution in [0.2, 0.25) is 0 Å². The molecule has 0 aliphatic carbocycles. The van der Waals surface area contributed by atoms with Gasteiger partial charge in [-0.25, -0.2) is 0 Å². The van der Waals surface area contributed by atoms with Crippen LogP contribution in [0.5, 0.6) is 0 Å². The SMILES string of the molecule is O=c1[nH]c2cc([N+](=O)[O-])cc(CN3CC3Cc3ccccc3)c2[nH]c1=O. The first-order valence-corrected chi connectivity index (χ1v) is 8.23. The zero-order valence-electron chi connectivity index (χ0n) is 13.8. The van der Waals surface area contributed by atoms with Crippen molar-refractivity contribution in [3.63, 3.8) is 0 Å². The summed E-state index contributed by atoms with van der Waals surface area (Å²) in [4.78, 5) is 41.0. The van der Waals surface area contributed by atoms with Crippen LogP contribution in [0.25, 0.3) is 11.0 Å². The summed E-state index contributed by atoms with van der Waals surface area (Å²) < 4.78 is 0. The summed E-state index contributed by atoms with van der Waals surface area (Å²) in [5.74, 6) is 0. The highest BCUT2D eigenvalue weighted by Crippen LogP contribution is 2.29. The van der Waals surface area contributed by atoms with Gasteiger partial charge in [0.15, 0.2) is 0 Å². The first-order valence-electron chi connectivity index (χ1n) is 8.23. The highest BCUT2D eigenvalue weighted by Gasteiger charge is 2.34. The Kier molecular flexibility index (Phi) is 3.89. The lowest BCUT2D eigenvalue weighted by molar-refractivity contribution is -0.384. The molecule has 132 valence electrons. The maximum atomic E-state index is 11.7. The average Bonchev–Trinajstić information content (AvgIpc) is 3.34. The lowest BCUT2D eigenvalue weighted by atomic mass is 10.1. The molecule has 8 heteroatoms. The minimum absolute atomic E-state index is 0.114. The van der Waals surface area contributed by atoms with Gasteiger partial charge in [-0.2, -0.15) is 0 Å². The molecule has 1 fully saturated rings. The van der Waals surface area contributed by atoms with Crippen LogP contribution in [0, 0.1) is 10.1 Å². The first kappa shape index (κ1) is 16.2. The number of nitrogens with zero attached hydrogens (tertiary/aromatic N) is 2. The Labute approximate surface area is 147 Å². The van der Waals surface area contributed by atoms with Crippen LogP contribution in [0.3, 0.4) is 0 Å². The third kappa shape index (κ3) is 3.14. The van der Waals surface area contributed by atoms with Gasteiger partial charge in [-0.05, 0) is 17.5 Å². The first-order chi connectivity index (χ1) is 12.5. The highest BCUT2D eigenvalue weighted by molar-refractivity contribution is 5.80. The Bertz CT molecular complexity index is 1100. The molecule has 2 aromatic carbocycles. The van der Waals surface area contributed by atoms with Crippen LogP contribution in [0.15, 0.2) is 52.1 Å². The molecule has 2 heterocycles. The van der Waals surface area contributed by atoms with Gasteiger partial charge in [0.2, 0.25) is 0 Å². The number of non-ortho nitro benzene ring substituents is 1. The zero-order valence-corrected chi connectivity index (χ0v) is 13.8. The van der Waals surface area contributed by atoms with Crippen molar-refractivity contribution in [2.45, 2.75) is 19.0 Å². The topological polar surface area (TPSA) is 112 Å². The van der Waals surface area contributed by atoms with Crippen LogP contribution < -0.4 is 11.1 Å². The van der Waals surface area contributed by atoms with E-state index in [1.165, 1.54) is 17.7 Å². The fourth-order valence-corrected chi connectivity index (χ4v) is 3.23. The molecule has 1 aliphatic heterocycles. The molecule has 1 saturated heterocycles. The Morgan fingerprint density at radius 2 is 1.85 bits per heavy atom. The van der Waals surface area contributed by atoms with Gasteiger partial charge in [0.1, 0.15) is 0 Å². The molecule has 0 saturated carbocycles. The second-order valence-electron chi connectivity index (χ2n) is 6.47. The lowest BCUT2D eigenvalue weighted by Crippen LogP contribution is -2.29. The van der Waals surface area contributed by atoms with Gasteiger partial charge in [0, 0.05) is 31.3 Å². The summed E-state index contributed by atoms with van der Waals surface area (Å²) in [5, 5.41) is 11.2. The molecule has 26 heavy (non-hydrogen) atoms. The molecule has 3 aromatic rings. The summed E-state index contributed by atoms with van der Waals surface area (Å²) in [6, 6.07) is 13.2. The Morgan fingerprint density at radius 3 is 2.58 bits per heavy atom. The van der Waals surface area contributed by atoms with Crippen molar-refractivity contribution in [1.82, 2.24) is 14.9 Å². The van der Waals surface area contributed by atoms with Crippen LogP contribution in [-0.2, 0) is 13.0 Å². The van der Waals surface area contributed by atoms with E-state index in [-0.39, 0.29) is 11.2 Å². The Hall–Kier alpha value is -3.26. The van der Waals surface area contributed by atoms with E-state index in [1.54, 1.807) is 0 Å². The van der Waals surface area contributed by atoms with Crippen LogP contribution >= 0.6 is 0 Å². The highest BCUT2D eigenvalue weighted by atomic mass is 16.6. The van der Waals surface area contributed by atoms with E-state index in [0.717, 1.165) is 13.0 Å². The summed E-state index contributed by atoms with van der Waals surface area (Å²) in [6.07, 6.45) is 0.904. The van der Waals surface area contributed by atoms with Crippen molar-refractivity contribution in [1.29, 1.82) is 0 Å². The molecular formula is C18H16N4O4. The molecule has 0 radical (unpaired) electrons. The van der Waals surface area contributed by atoms with Gasteiger partial charge in [0.05, 0.1) is 16.0 Å². The second-order valence-corrected chi connectivity index (χ2v) is 6.47. The number of aromatic amines is 2. The maximum Gasteiger partial charge on any atom is 0.314 e. The minimum atomic E-state index is -0.822. The molecule has 2 N–H and O–H groups in total. The summed E-state index contributed by atoms with van der Waals surface area (Å²) in [5.41, 5.74) is 0.860. The predicted molar refractivity (Wildman–Crippen MR) is 96.2 cm³/mol. The van der Waals surface area contributed by atoms with Crippen LogP contribution in [0.4, 0.5) is 5.69 Å². The molecule has 0 bridgehead atoms. The van der Waals surface area contributed by atoms with E-state index < -0.39 is 16.0 Å². The Balaban J connectivity index is 1.63. The van der Waals surface area contributed by atoms with Gasteiger partial charge >= 0.3 is 11.1 Å². The normalized spacial score (nSPS) is 18.8. The van der Waals surface area contributed by atoms with Crippen molar-refractivity contribution in [2.24, 2.45) is 0 Å². The molecule has 2 unspecified atom stereocenters. The van der Waals surface area contributed by atoms with E-state index in [9.17, 15) is 19.7 Å². The lowest BCUT2D eigenvalue weighted by Gasteiger charge is -2.08. The van der Waals surface area contributed by atoms with E-state index >= 15 is 0 Å². The third-order valence-corrected chi connectivity index (χ3v) is 4.62. The van der Waals surface area contributed by atoms with E-state index in [1.807, 2.05) is 18.2 Å². The summed E-state index contributed by atoms with van der Waals surface area (Å²) in [7, 11) is 0. The van der Waals surface area contributed by atoms with Gasteiger partial charge in [-0.3, -0.25) is 24.6 Å². The summed E-state index contributed by atoms with van der Waals surface area (Å²) in [6.45, 7) is 1.35. The van der Waals surface area contributed by atoms with Crippen molar-refractivity contribution in [3.8, 4) is 0 Å². The average molecular weight is 352 g/mol. The van der Waals surface area contributed by atoms with E-state index in [2.05, 4.69) is 27.0 Å². The zero-order chi connectivity index (χ0) is 18.3. The quantitative estimate of drug-likeness (QED) is 0.313. The summed E-state index contributed by atoms with van der Waals surface area (Å²) >= 11 is 0. The van der Waals surface area contributed by atoms with Gasteiger partial charge in [0.25, 0.3) is 5.69 Å². The molecule has 4 rings (SSSR count). The number of nitrogens with one attached hydrogen (secondary N) is 2. The number of nitro groups is 1. The monoisotopic (exact) mass is 352 g/mol. The van der Waals surface area contributed by atoms with Gasteiger partial charge < -0.3 is 9.97 Å². The molecule has 8 nitrogen and oxygen atoms in total. The number of benzene rings is 2. The number of nitro benzene ring substituents is 1. The molecule has 0 spiro atoms. The number of hydrogen-bond acceptors (Lipinski definition) is 5. The fraction of sp³-hybridized carbons (Fsp3) is 0.222. The molecule has 0 amide bonds. The predicted octanol–water partition coefficient (Wildman–Crippen LogP) is 1.55. The van der Waals surface area contributed by atoms with Gasteiger partial charge in [-0.15, -0.1) is 0 Å². The molecular weight excluding hydrogens is 336 g/mol. The number of H-pyrrole nitrogens is 2. The van der Waals surface area contributed by atoms with E-state index in [4.69, 9.17) is 0 Å². The molecule has 2 atom stereocenters. The Morgan fingerprint density at radius 1 is 1.12 bits per heavy atom. The molecule has 1 aliphatic rings. The third-order valence-electron chi connectivity index (χ3n) is 4.62. The van der Waals surface area contributed by atoms with Crippen molar-refractivity contribution < 1.29 is 4.92 Å². The van der Waals surface area contributed by atoms with Crippen LogP contribution in [-0.4, -0.2) is 32.4 Å². The number of aromatic nitrogens is 2. The van der Waals surface area contributed by atoms with Gasteiger partial charge in [-0.1, -0.05) is 30.3 Å². The van der Waals surface area contributed by atoms with E-state index in [0.29, 0.717) is 23.7 Å². The van der Waals surface area contributed by atoms with Crippen molar-refractivity contribution in [3.05, 3.63) is 84.4 Å². The smallest absolute Gasteiger partial charge is 0.314 e. The maximum absolute atomic E-state index is 11.7. The standard InChI is InChI=1S/C18H16N4O4/c23-17-18(24)20-16-12(7-13(22(25)26)8-15(16)19-17)9-21-10-14(21)6-11-4-2-1-3-5-11/h1-5,7-8,14H,6,9-10H2,(H,19,23)(H,20,24). The minimum Gasteiger partial charge on any atom is -0.316 e. The fourth-order valence-electron chi connectivity index (χ4n) is 3.23. The second kappa shape index (κ2) is 6.23. The van der Waals surface area contributed by atoms with Crippen molar-refractivity contribution in [2.75, 3.05) is 6.54 Å². The van der Waals surface area contributed by atoms with Crippen LogP contribution in [0.1, 0.15) is 11.1 Å². The number of fused-ring (bicyclic) bond motifs is 1. The number of rotatable bonds is 5.